The molecule has 0 atom stereocenters. The highest BCUT2D eigenvalue weighted by molar-refractivity contribution is 6.20. The Kier molecular flexibility index (Phi) is 19.4. The lowest BCUT2D eigenvalue weighted by molar-refractivity contribution is 0.282. The number of halogens is 1. The molecule has 2 N–H and O–H groups in total. The third kappa shape index (κ3) is 18.3. The average Bonchev–Trinajstić information content (AvgIpc) is 2.52. The van der Waals surface area contributed by atoms with E-state index < -0.39 is 0 Å². The fourth-order valence-electron chi connectivity index (χ4n) is 2.87. The number of alkyl halides is 1. The van der Waals surface area contributed by atoms with Gasteiger partial charge in [-0.15, -0.1) is 11.6 Å². The van der Waals surface area contributed by atoms with Gasteiger partial charge in [0.05, 0.1) is 0 Å². The quantitative estimate of drug-likeness (QED) is 0.245. The highest BCUT2D eigenvalue weighted by Crippen LogP contribution is 2.18. The van der Waals surface area contributed by atoms with Crippen molar-refractivity contribution < 1.29 is 10.2 Å². The van der Waals surface area contributed by atoms with E-state index in [-0.39, 0.29) is 0 Å². The second-order valence-electron chi connectivity index (χ2n) is 6.57. The summed E-state index contributed by atoms with van der Waals surface area (Å²) in [6, 6.07) is 0. The first-order valence-corrected chi connectivity index (χ1v) is 10.1. The van der Waals surface area contributed by atoms with E-state index in [9.17, 15) is 0 Å². The van der Waals surface area contributed by atoms with Crippen LogP contribution in [0.4, 0.5) is 0 Å². The van der Waals surface area contributed by atoms with Crippen LogP contribution in [0.25, 0.3) is 0 Å². The largest absolute Gasteiger partial charge is 0.396 e. The molecule has 0 aliphatic carbocycles. The molecule has 0 aliphatic rings. The number of unbranched alkanes of at least 4 members (excludes halogenated alkanes) is 12. The SMILES string of the molecule is OCCCCCCCCCC(Cl)CCCCCCCCCO. The van der Waals surface area contributed by atoms with Crippen LogP contribution < -0.4 is 0 Å². The van der Waals surface area contributed by atoms with Crippen LogP contribution >= 0.6 is 11.6 Å². The van der Waals surface area contributed by atoms with Crippen LogP contribution in [0.15, 0.2) is 0 Å². The molecule has 2 nitrogen and oxygen atoms in total. The summed E-state index contributed by atoms with van der Waals surface area (Å²) in [7, 11) is 0. The van der Waals surface area contributed by atoms with Gasteiger partial charge >= 0.3 is 0 Å². The Labute approximate surface area is 143 Å². The fraction of sp³-hybridized carbons (Fsp3) is 1.00. The normalized spacial score (nSPS) is 11.5. The molecule has 22 heavy (non-hydrogen) atoms. The molecule has 3 heteroatoms. The lowest BCUT2D eigenvalue weighted by Gasteiger charge is -2.09. The van der Waals surface area contributed by atoms with Crippen LogP contribution in [0, 0.1) is 0 Å². The predicted molar refractivity (Wildman–Crippen MR) is 97.7 cm³/mol. The molecule has 0 rings (SSSR count). The monoisotopic (exact) mass is 334 g/mol. The molecule has 0 saturated heterocycles. The standard InChI is InChI=1S/C19H39ClO2/c20-19(15-11-7-3-1-5-9-13-17-21)16-12-8-4-2-6-10-14-18-22/h19,21-22H,1-18H2. The van der Waals surface area contributed by atoms with E-state index in [2.05, 4.69) is 0 Å². The van der Waals surface area contributed by atoms with Crippen LogP contribution in [0.2, 0.25) is 0 Å². The zero-order chi connectivity index (χ0) is 16.3. The maximum Gasteiger partial charge on any atom is 0.0431 e. The Morgan fingerprint density at radius 2 is 0.727 bits per heavy atom. The van der Waals surface area contributed by atoms with Gasteiger partial charge in [0.2, 0.25) is 0 Å². The zero-order valence-corrected chi connectivity index (χ0v) is 15.3. The van der Waals surface area contributed by atoms with Gasteiger partial charge in [-0.2, -0.15) is 0 Å². The Morgan fingerprint density at radius 3 is 1.05 bits per heavy atom. The minimum absolute atomic E-state index is 0.344. The molecule has 134 valence electrons. The van der Waals surface area contributed by atoms with Crippen molar-refractivity contribution in [2.45, 2.75) is 108 Å². The van der Waals surface area contributed by atoms with Crippen molar-refractivity contribution in [3.63, 3.8) is 0 Å². The molecule has 0 unspecified atom stereocenters. The van der Waals surface area contributed by atoms with Crippen molar-refractivity contribution in [3.8, 4) is 0 Å². The van der Waals surface area contributed by atoms with Crippen LogP contribution in [0.1, 0.15) is 103 Å². The first-order valence-electron chi connectivity index (χ1n) is 9.67. The molecule has 0 aliphatic heterocycles. The molecule has 0 aromatic heterocycles. The smallest absolute Gasteiger partial charge is 0.0431 e. The van der Waals surface area contributed by atoms with E-state index >= 15 is 0 Å². The summed E-state index contributed by atoms with van der Waals surface area (Å²) in [6.07, 6.45) is 19.6. The van der Waals surface area contributed by atoms with Crippen molar-refractivity contribution >= 4 is 11.6 Å². The summed E-state index contributed by atoms with van der Waals surface area (Å²) >= 11 is 6.39. The highest BCUT2D eigenvalue weighted by Gasteiger charge is 2.04. The third-order valence-electron chi connectivity index (χ3n) is 4.35. The van der Waals surface area contributed by atoms with E-state index in [0.717, 1.165) is 12.8 Å². The molecule has 0 aromatic rings. The van der Waals surface area contributed by atoms with E-state index in [1.54, 1.807) is 0 Å². The number of aliphatic hydroxyl groups is 2. The summed E-state index contributed by atoms with van der Waals surface area (Å²) in [6.45, 7) is 0.688. The minimum Gasteiger partial charge on any atom is -0.396 e. The van der Waals surface area contributed by atoms with E-state index in [4.69, 9.17) is 21.8 Å². The van der Waals surface area contributed by atoms with Crippen molar-refractivity contribution in [2.24, 2.45) is 0 Å². The van der Waals surface area contributed by atoms with E-state index in [1.165, 1.54) is 89.9 Å². The summed E-state index contributed by atoms with van der Waals surface area (Å²) in [5.74, 6) is 0. The Hall–Kier alpha value is 0.210. The van der Waals surface area contributed by atoms with Crippen LogP contribution in [-0.2, 0) is 0 Å². The zero-order valence-electron chi connectivity index (χ0n) is 14.6. The maximum atomic E-state index is 8.70. The Morgan fingerprint density at radius 1 is 0.455 bits per heavy atom. The number of aliphatic hydroxyl groups excluding tert-OH is 2. The minimum atomic E-state index is 0.344. The Bertz CT molecular complexity index is 180. The van der Waals surface area contributed by atoms with Gasteiger partial charge in [0, 0.05) is 18.6 Å². The molecule has 0 saturated carbocycles. The lowest BCUT2D eigenvalue weighted by Crippen LogP contribution is -1.98. The van der Waals surface area contributed by atoms with Gasteiger partial charge in [-0.3, -0.25) is 0 Å². The van der Waals surface area contributed by atoms with Crippen molar-refractivity contribution in [2.75, 3.05) is 13.2 Å². The number of hydrogen-bond donors (Lipinski definition) is 2. The fourth-order valence-corrected chi connectivity index (χ4v) is 3.18. The molecular formula is C19H39ClO2. The van der Waals surface area contributed by atoms with Gasteiger partial charge in [-0.05, 0) is 25.7 Å². The molecule has 0 amide bonds. The van der Waals surface area contributed by atoms with E-state index in [0.29, 0.717) is 18.6 Å². The first kappa shape index (κ1) is 22.2. The maximum absolute atomic E-state index is 8.70. The summed E-state index contributed by atoms with van der Waals surface area (Å²) < 4.78 is 0. The Balaban J connectivity index is 3.11. The molecule has 0 heterocycles. The van der Waals surface area contributed by atoms with Crippen LogP contribution in [0.3, 0.4) is 0 Å². The van der Waals surface area contributed by atoms with Crippen molar-refractivity contribution in [1.82, 2.24) is 0 Å². The average molecular weight is 335 g/mol. The molecular weight excluding hydrogens is 296 g/mol. The molecule has 0 aromatic carbocycles. The lowest BCUT2D eigenvalue weighted by atomic mass is 10.0. The van der Waals surface area contributed by atoms with Crippen molar-refractivity contribution in [1.29, 1.82) is 0 Å². The summed E-state index contributed by atoms with van der Waals surface area (Å²) in [4.78, 5) is 0. The molecule has 0 bridgehead atoms. The topological polar surface area (TPSA) is 40.5 Å². The predicted octanol–water partition coefficient (Wildman–Crippen LogP) is 5.82. The van der Waals surface area contributed by atoms with Crippen molar-refractivity contribution in [3.05, 3.63) is 0 Å². The van der Waals surface area contributed by atoms with Gasteiger partial charge in [0.1, 0.15) is 0 Å². The first-order chi connectivity index (χ1) is 10.8. The van der Waals surface area contributed by atoms with Gasteiger partial charge in [-0.1, -0.05) is 77.0 Å². The van der Waals surface area contributed by atoms with Gasteiger partial charge < -0.3 is 10.2 Å². The second-order valence-corrected chi connectivity index (χ2v) is 7.19. The van der Waals surface area contributed by atoms with Crippen LogP contribution in [-0.4, -0.2) is 28.8 Å². The highest BCUT2D eigenvalue weighted by atomic mass is 35.5. The van der Waals surface area contributed by atoms with E-state index in [1.807, 2.05) is 0 Å². The summed E-state index contributed by atoms with van der Waals surface area (Å²) in [5.41, 5.74) is 0. The van der Waals surface area contributed by atoms with Gasteiger partial charge in [0.25, 0.3) is 0 Å². The molecule has 0 spiro atoms. The molecule has 0 radical (unpaired) electrons. The van der Waals surface area contributed by atoms with Gasteiger partial charge in [0.15, 0.2) is 0 Å². The number of rotatable bonds is 18. The second kappa shape index (κ2) is 19.3. The van der Waals surface area contributed by atoms with Gasteiger partial charge in [-0.25, -0.2) is 0 Å². The van der Waals surface area contributed by atoms with Crippen LogP contribution in [0.5, 0.6) is 0 Å². The summed E-state index contributed by atoms with van der Waals surface area (Å²) in [5, 5.41) is 17.8. The number of hydrogen-bond acceptors (Lipinski definition) is 2. The molecule has 0 fully saturated rings. The third-order valence-corrected chi connectivity index (χ3v) is 4.79.